The molecule has 26 heavy (non-hydrogen) atoms. The van der Waals surface area contributed by atoms with Gasteiger partial charge in [-0.15, -0.1) is 0 Å². The Kier molecular flexibility index (Phi) is 5.25. The molecule has 0 amide bonds. The summed E-state index contributed by atoms with van der Waals surface area (Å²) in [5, 5.41) is 11.3. The summed E-state index contributed by atoms with van der Waals surface area (Å²) in [4.78, 5) is 17.6. The summed E-state index contributed by atoms with van der Waals surface area (Å²) >= 11 is 6.49. The van der Waals surface area contributed by atoms with E-state index in [4.69, 9.17) is 22.7 Å². The van der Waals surface area contributed by atoms with Crippen molar-refractivity contribution in [1.29, 1.82) is 5.41 Å². The van der Waals surface area contributed by atoms with Crippen LogP contribution in [0.15, 0.2) is 30.6 Å². The molecule has 1 aromatic heterocycles. The number of nitrogens with zero attached hydrogens (tertiary/aromatic N) is 2. The molecule has 6 nitrogen and oxygen atoms in total. The lowest BCUT2D eigenvalue weighted by Crippen LogP contribution is -2.51. The zero-order valence-electron chi connectivity index (χ0n) is 14.6. The van der Waals surface area contributed by atoms with Gasteiger partial charge in [0, 0.05) is 55.6 Å². The molecule has 0 atom stereocenters. The van der Waals surface area contributed by atoms with E-state index in [1.54, 1.807) is 12.4 Å². The number of hydrogen-bond acceptors (Lipinski definition) is 6. The third kappa shape index (κ3) is 3.43. The van der Waals surface area contributed by atoms with Crippen LogP contribution in [-0.4, -0.2) is 43.2 Å². The molecule has 7 heteroatoms. The molecular weight excluding hydrogens is 350 g/mol. The van der Waals surface area contributed by atoms with E-state index in [-0.39, 0.29) is 0 Å². The molecule has 1 fully saturated rings. The zero-order valence-corrected chi connectivity index (χ0v) is 15.4. The Morgan fingerprint density at radius 1 is 1.35 bits per heavy atom. The second-order valence-electron chi connectivity index (χ2n) is 6.55. The van der Waals surface area contributed by atoms with Crippen LogP contribution in [0.3, 0.4) is 0 Å². The number of piperidine rings is 1. The van der Waals surface area contributed by atoms with E-state index in [0.29, 0.717) is 31.0 Å². The SMILES string of the molecule is CNc1ccc(-c2cncc(Cl)c2N2CCC(N)(C=O)CC2)cc1C=N. The van der Waals surface area contributed by atoms with Crippen LogP contribution >= 0.6 is 11.6 Å². The number of pyridine rings is 1. The van der Waals surface area contributed by atoms with Gasteiger partial charge >= 0.3 is 0 Å². The van der Waals surface area contributed by atoms with Gasteiger partial charge < -0.3 is 26.2 Å². The molecule has 0 aliphatic carbocycles. The minimum atomic E-state index is -0.752. The number of anilines is 2. The summed E-state index contributed by atoms with van der Waals surface area (Å²) < 4.78 is 0. The van der Waals surface area contributed by atoms with Gasteiger partial charge in [0.2, 0.25) is 0 Å². The van der Waals surface area contributed by atoms with E-state index in [2.05, 4.69) is 15.2 Å². The fourth-order valence-corrected chi connectivity index (χ4v) is 3.58. The predicted molar refractivity (Wildman–Crippen MR) is 107 cm³/mol. The maximum absolute atomic E-state index is 11.2. The topological polar surface area (TPSA) is 95.1 Å². The van der Waals surface area contributed by atoms with Crippen molar-refractivity contribution in [1.82, 2.24) is 4.98 Å². The van der Waals surface area contributed by atoms with Crippen molar-refractivity contribution in [3.05, 3.63) is 41.2 Å². The summed E-state index contributed by atoms with van der Waals surface area (Å²) in [5.41, 5.74) is 9.74. The molecule has 2 aromatic rings. The lowest BCUT2D eigenvalue weighted by molar-refractivity contribution is -0.112. The summed E-state index contributed by atoms with van der Waals surface area (Å²) in [6.07, 6.45) is 6.75. The molecule has 0 bridgehead atoms. The van der Waals surface area contributed by atoms with Gasteiger partial charge in [-0.25, -0.2) is 0 Å². The molecule has 0 spiro atoms. The van der Waals surface area contributed by atoms with E-state index in [0.717, 1.165) is 34.4 Å². The Morgan fingerprint density at radius 2 is 2.08 bits per heavy atom. The van der Waals surface area contributed by atoms with Crippen LogP contribution in [0.25, 0.3) is 11.1 Å². The Hall–Kier alpha value is -2.44. The molecular formula is C19H22ClN5O. The number of carbonyl (C=O) groups excluding carboxylic acids is 1. The number of aromatic nitrogens is 1. The smallest absolute Gasteiger partial charge is 0.139 e. The van der Waals surface area contributed by atoms with Crippen molar-refractivity contribution in [2.24, 2.45) is 5.73 Å². The Morgan fingerprint density at radius 3 is 2.69 bits per heavy atom. The van der Waals surface area contributed by atoms with Gasteiger partial charge in [0.1, 0.15) is 6.29 Å². The van der Waals surface area contributed by atoms with E-state index < -0.39 is 5.54 Å². The van der Waals surface area contributed by atoms with E-state index in [1.165, 1.54) is 6.21 Å². The van der Waals surface area contributed by atoms with Crippen molar-refractivity contribution in [3.8, 4) is 11.1 Å². The van der Waals surface area contributed by atoms with Gasteiger partial charge in [-0.2, -0.15) is 0 Å². The van der Waals surface area contributed by atoms with Crippen LogP contribution < -0.4 is 16.0 Å². The van der Waals surface area contributed by atoms with Crippen LogP contribution in [0.1, 0.15) is 18.4 Å². The highest BCUT2D eigenvalue weighted by molar-refractivity contribution is 6.33. The molecule has 0 radical (unpaired) electrons. The fourth-order valence-electron chi connectivity index (χ4n) is 3.30. The number of nitrogens with one attached hydrogen (secondary N) is 2. The Labute approximate surface area is 157 Å². The molecule has 0 saturated carbocycles. The second kappa shape index (κ2) is 7.43. The minimum absolute atomic E-state index is 0.562. The Bertz CT molecular complexity index is 831. The summed E-state index contributed by atoms with van der Waals surface area (Å²) in [7, 11) is 1.83. The van der Waals surface area contributed by atoms with Gasteiger partial charge in [0.05, 0.1) is 16.2 Å². The number of carbonyl (C=O) groups is 1. The van der Waals surface area contributed by atoms with Crippen LogP contribution in [0.4, 0.5) is 11.4 Å². The molecule has 136 valence electrons. The normalized spacial score (nSPS) is 16.2. The molecule has 1 aliphatic heterocycles. The highest BCUT2D eigenvalue weighted by Crippen LogP contribution is 2.38. The van der Waals surface area contributed by atoms with Crippen LogP contribution in [0.5, 0.6) is 0 Å². The standard InChI is InChI=1S/C19H22ClN5O/c1-23-17-3-2-13(8-14(17)9-21)15-10-24-11-16(20)18(15)25-6-4-19(22,12-26)5-7-25/h2-3,8-12,21,23H,4-7,22H2,1H3. The molecule has 0 unspecified atom stereocenters. The molecule has 1 aromatic carbocycles. The fraction of sp³-hybridized carbons (Fsp3) is 0.316. The maximum atomic E-state index is 11.2. The first kappa shape index (κ1) is 18.4. The van der Waals surface area contributed by atoms with Crippen LogP contribution in [0, 0.1) is 5.41 Å². The number of hydrogen-bond donors (Lipinski definition) is 3. The largest absolute Gasteiger partial charge is 0.388 e. The molecule has 3 rings (SSSR count). The van der Waals surface area contributed by atoms with Crippen molar-refractivity contribution in [2.45, 2.75) is 18.4 Å². The molecule has 4 N–H and O–H groups in total. The van der Waals surface area contributed by atoms with Crippen molar-refractivity contribution in [3.63, 3.8) is 0 Å². The van der Waals surface area contributed by atoms with Crippen molar-refractivity contribution >= 4 is 35.5 Å². The number of halogens is 1. The summed E-state index contributed by atoms with van der Waals surface area (Å²) in [6, 6.07) is 5.87. The maximum Gasteiger partial charge on any atom is 0.139 e. The summed E-state index contributed by atoms with van der Waals surface area (Å²) in [6.45, 7) is 1.30. The number of benzene rings is 1. The highest BCUT2D eigenvalue weighted by atomic mass is 35.5. The Balaban J connectivity index is 2.01. The van der Waals surface area contributed by atoms with Crippen LogP contribution in [0.2, 0.25) is 5.02 Å². The second-order valence-corrected chi connectivity index (χ2v) is 6.96. The van der Waals surface area contributed by atoms with Crippen LogP contribution in [-0.2, 0) is 4.79 Å². The average molecular weight is 372 g/mol. The lowest BCUT2D eigenvalue weighted by Gasteiger charge is -2.38. The highest BCUT2D eigenvalue weighted by Gasteiger charge is 2.31. The summed E-state index contributed by atoms with van der Waals surface area (Å²) in [5.74, 6) is 0. The average Bonchev–Trinajstić information content (AvgIpc) is 2.68. The molecule has 1 saturated heterocycles. The van der Waals surface area contributed by atoms with Gasteiger partial charge in [-0.05, 0) is 30.5 Å². The first-order valence-electron chi connectivity index (χ1n) is 8.47. The molecule has 1 aliphatic rings. The molecule has 2 heterocycles. The zero-order chi connectivity index (χ0) is 18.7. The predicted octanol–water partition coefficient (Wildman–Crippen LogP) is 2.94. The van der Waals surface area contributed by atoms with Gasteiger partial charge in [-0.1, -0.05) is 17.7 Å². The number of aldehydes is 1. The first-order valence-corrected chi connectivity index (χ1v) is 8.85. The third-order valence-corrected chi connectivity index (χ3v) is 5.18. The van der Waals surface area contributed by atoms with Gasteiger partial charge in [0.25, 0.3) is 0 Å². The van der Waals surface area contributed by atoms with Crippen molar-refractivity contribution < 1.29 is 4.79 Å². The van der Waals surface area contributed by atoms with Gasteiger partial charge in [-0.3, -0.25) is 4.98 Å². The first-order chi connectivity index (χ1) is 12.5. The van der Waals surface area contributed by atoms with E-state index >= 15 is 0 Å². The minimum Gasteiger partial charge on any atom is -0.388 e. The lowest BCUT2D eigenvalue weighted by atomic mass is 9.89. The van der Waals surface area contributed by atoms with Crippen molar-refractivity contribution in [2.75, 3.05) is 30.4 Å². The number of nitrogens with two attached hydrogens (primary N) is 1. The third-order valence-electron chi connectivity index (χ3n) is 4.91. The quantitative estimate of drug-likeness (QED) is 0.554. The van der Waals surface area contributed by atoms with E-state index in [9.17, 15) is 4.79 Å². The monoisotopic (exact) mass is 371 g/mol. The van der Waals surface area contributed by atoms with Gasteiger partial charge in [0.15, 0.2) is 0 Å². The number of rotatable bonds is 5. The van der Waals surface area contributed by atoms with E-state index in [1.807, 2.05) is 25.2 Å².